The van der Waals surface area contributed by atoms with E-state index in [0.29, 0.717) is 5.75 Å². The highest BCUT2D eigenvalue weighted by Crippen LogP contribution is 2.18. The lowest BCUT2D eigenvalue weighted by Gasteiger charge is -2.13. The molecule has 23 heavy (non-hydrogen) atoms. The number of carbonyl (C=O) groups excluding carboxylic acids is 1. The van der Waals surface area contributed by atoms with Gasteiger partial charge >= 0.3 is 0 Å². The van der Waals surface area contributed by atoms with E-state index in [2.05, 4.69) is 10.0 Å². The van der Waals surface area contributed by atoms with E-state index < -0.39 is 10.0 Å². The largest absolute Gasteiger partial charge is 0.484 e. The average Bonchev–Trinajstić information content (AvgIpc) is 2.97. The number of sulfonamides is 1. The van der Waals surface area contributed by atoms with Crippen LogP contribution in [0.15, 0.2) is 29.2 Å². The molecule has 0 radical (unpaired) electrons. The predicted molar refractivity (Wildman–Crippen MR) is 87.8 cm³/mol. The van der Waals surface area contributed by atoms with Gasteiger partial charge in [0.2, 0.25) is 10.0 Å². The molecule has 0 aromatic heterocycles. The van der Waals surface area contributed by atoms with Gasteiger partial charge in [0.1, 0.15) is 5.75 Å². The Hall–Kier alpha value is -1.60. The van der Waals surface area contributed by atoms with E-state index in [1.54, 1.807) is 26.0 Å². The van der Waals surface area contributed by atoms with Gasteiger partial charge in [-0.3, -0.25) is 4.79 Å². The maximum Gasteiger partial charge on any atom is 0.258 e. The van der Waals surface area contributed by atoms with Gasteiger partial charge in [-0.25, -0.2) is 13.1 Å². The number of benzene rings is 1. The summed E-state index contributed by atoms with van der Waals surface area (Å²) < 4.78 is 31.9. The van der Waals surface area contributed by atoms with Gasteiger partial charge in [-0.15, -0.1) is 0 Å². The summed E-state index contributed by atoms with van der Waals surface area (Å²) in [5.41, 5.74) is 0. The van der Waals surface area contributed by atoms with Crippen molar-refractivity contribution in [2.24, 2.45) is 0 Å². The number of hydrogen-bond donors (Lipinski definition) is 2. The molecule has 1 aromatic rings. The average molecular weight is 340 g/mol. The molecule has 2 rings (SSSR count). The summed E-state index contributed by atoms with van der Waals surface area (Å²) in [6.07, 6.45) is 4.38. The highest BCUT2D eigenvalue weighted by molar-refractivity contribution is 7.89. The van der Waals surface area contributed by atoms with Gasteiger partial charge in [0, 0.05) is 12.1 Å². The molecule has 0 saturated heterocycles. The molecule has 0 bridgehead atoms. The van der Waals surface area contributed by atoms with Crippen LogP contribution in [-0.2, 0) is 14.8 Å². The summed E-state index contributed by atoms with van der Waals surface area (Å²) in [5, 5.41) is 2.94. The lowest BCUT2D eigenvalue weighted by Crippen LogP contribution is -2.36. The Bertz CT molecular complexity index is 620. The third-order valence-electron chi connectivity index (χ3n) is 3.62. The van der Waals surface area contributed by atoms with E-state index in [1.165, 1.54) is 12.1 Å². The van der Waals surface area contributed by atoms with Crippen LogP contribution in [0.5, 0.6) is 5.75 Å². The van der Waals surface area contributed by atoms with E-state index >= 15 is 0 Å². The second-order valence-electron chi connectivity index (χ2n) is 6.08. The van der Waals surface area contributed by atoms with E-state index in [1.807, 2.05) is 0 Å². The number of hydrogen-bond acceptors (Lipinski definition) is 4. The summed E-state index contributed by atoms with van der Waals surface area (Å²) in [7, 11) is -3.51. The quantitative estimate of drug-likeness (QED) is 0.793. The van der Waals surface area contributed by atoms with Crippen LogP contribution < -0.4 is 14.8 Å². The molecule has 1 amide bonds. The fourth-order valence-corrected chi connectivity index (χ4v) is 3.83. The molecule has 2 N–H and O–H groups in total. The number of carbonyl (C=O) groups is 1. The molecule has 7 heteroatoms. The van der Waals surface area contributed by atoms with Crippen LogP contribution >= 0.6 is 0 Å². The van der Waals surface area contributed by atoms with Crippen molar-refractivity contribution in [2.75, 3.05) is 6.61 Å². The summed E-state index contributed by atoms with van der Waals surface area (Å²) in [6.45, 7) is 3.46. The SMILES string of the molecule is CC(C)NS(=O)(=O)c1ccc(OCC(=O)NC2CCCC2)cc1. The van der Waals surface area contributed by atoms with Crippen LogP contribution in [0.4, 0.5) is 0 Å². The number of amides is 1. The van der Waals surface area contributed by atoms with Crippen molar-refractivity contribution < 1.29 is 17.9 Å². The smallest absolute Gasteiger partial charge is 0.258 e. The first-order valence-electron chi connectivity index (χ1n) is 7.91. The van der Waals surface area contributed by atoms with Crippen molar-refractivity contribution in [1.82, 2.24) is 10.0 Å². The summed E-state index contributed by atoms with van der Waals surface area (Å²) >= 11 is 0. The van der Waals surface area contributed by atoms with Crippen LogP contribution in [0.2, 0.25) is 0 Å². The lowest BCUT2D eigenvalue weighted by molar-refractivity contribution is -0.123. The van der Waals surface area contributed by atoms with Crippen molar-refractivity contribution in [2.45, 2.75) is 56.5 Å². The van der Waals surface area contributed by atoms with Crippen LogP contribution in [-0.4, -0.2) is 33.0 Å². The van der Waals surface area contributed by atoms with E-state index in [9.17, 15) is 13.2 Å². The second-order valence-corrected chi connectivity index (χ2v) is 7.80. The Kier molecular flexibility index (Phi) is 6.01. The highest BCUT2D eigenvalue weighted by Gasteiger charge is 2.18. The zero-order chi connectivity index (χ0) is 16.9. The molecule has 0 aliphatic heterocycles. The molecular weight excluding hydrogens is 316 g/mol. The summed E-state index contributed by atoms with van der Waals surface area (Å²) in [4.78, 5) is 12.0. The van der Waals surface area contributed by atoms with Crippen LogP contribution in [0.1, 0.15) is 39.5 Å². The molecule has 6 nitrogen and oxygen atoms in total. The first kappa shape index (κ1) is 17.7. The standard InChI is InChI=1S/C16H24N2O4S/c1-12(2)18-23(20,21)15-9-7-14(8-10-15)22-11-16(19)17-13-5-3-4-6-13/h7-10,12-13,18H,3-6,11H2,1-2H3,(H,17,19). The summed E-state index contributed by atoms with van der Waals surface area (Å²) in [6, 6.07) is 6.13. The predicted octanol–water partition coefficient (Wildman–Crippen LogP) is 1.81. The third kappa shape index (κ3) is 5.51. The van der Waals surface area contributed by atoms with Gasteiger partial charge in [0.05, 0.1) is 4.90 Å². The first-order chi connectivity index (χ1) is 10.9. The molecule has 128 valence electrons. The molecular formula is C16H24N2O4S. The molecule has 1 aromatic carbocycles. The molecule has 1 fully saturated rings. The normalized spacial score (nSPS) is 15.8. The van der Waals surface area contributed by atoms with Crippen molar-refractivity contribution in [3.63, 3.8) is 0 Å². The van der Waals surface area contributed by atoms with E-state index in [4.69, 9.17) is 4.74 Å². The first-order valence-corrected chi connectivity index (χ1v) is 9.40. The van der Waals surface area contributed by atoms with E-state index in [0.717, 1.165) is 25.7 Å². The van der Waals surface area contributed by atoms with E-state index in [-0.39, 0.29) is 29.5 Å². The van der Waals surface area contributed by atoms with Crippen molar-refractivity contribution >= 4 is 15.9 Å². The Labute approximate surface area is 137 Å². The minimum absolute atomic E-state index is 0.0627. The van der Waals surface area contributed by atoms with Crippen molar-refractivity contribution in [3.8, 4) is 5.75 Å². The van der Waals surface area contributed by atoms with Gasteiger partial charge in [0.25, 0.3) is 5.91 Å². The Morgan fingerprint density at radius 3 is 2.39 bits per heavy atom. The molecule has 0 heterocycles. The number of ether oxygens (including phenoxy) is 1. The minimum Gasteiger partial charge on any atom is -0.484 e. The summed E-state index contributed by atoms with van der Waals surface area (Å²) in [5.74, 6) is 0.324. The molecule has 1 aliphatic carbocycles. The number of nitrogens with one attached hydrogen (secondary N) is 2. The zero-order valence-electron chi connectivity index (χ0n) is 13.5. The Balaban J connectivity index is 1.86. The van der Waals surface area contributed by atoms with Crippen molar-refractivity contribution in [3.05, 3.63) is 24.3 Å². The van der Waals surface area contributed by atoms with Gasteiger partial charge < -0.3 is 10.1 Å². The Morgan fingerprint density at radius 1 is 1.22 bits per heavy atom. The van der Waals surface area contributed by atoms with Crippen LogP contribution in [0.25, 0.3) is 0 Å². The molecule has 0 unspecified atom stereocenters. The van der Waals surface area contributed by atoms with Gasteiger partial charge in [0.15, 0.2) is 6.61 Å². The topological polar surface area (TPSA) is 84.5 Å². The molecule has 1 aliphatic rings. The van der Waals surface area contributed by atoms with Crippen molar-refractivity contribution in [1.29, 1.82) is 0 Å². The monoisotopic (exact) mass is 340 g/mol. The Morgan fingerprint density at radius 2 is 1.83 bits per heavy atom. The molecule has 0 spiro atoms. The van der Waals surface area contributed by atoms with Gasteiger partial charge in [-0.05, 0) is 51.0 Å². The lowest BCUT2D eigenvalue weighted by atomic mass is 10.2. The highest BCUT2D eigenvalue weighted by atomic mass is 32.2. The molecule has 1 saturated carbocycles. The fourth-order valence-electron chi connectivity index (χ4n) is 2.58. The maximum atomic E-state index is 12.0. The molecule has 0 atom stereocenters. The fraction of sp³-hybridized carbons (Fsp3) is 0.562. The van der Waals surface area contributed by atoms with Gasteiger partial charge in [-0.2, -0.15) is 0 Å². The maximum absolute atomic E-state index is 12.0. The van der Waals surface area contributed by atoms with Gasteiger partial charge in [-0.1, -0.05) is 12.8 Å². The van der Waals surface area contributed by atoms with Crippen LogP contribution in [0.3, 0.4) is 0 Å². The minimum atomic E-state index is -3.51. The number of rotatable bonds is 7. The zero-order valence-corrected chi connectivity index (χ0v) is 14.4. The third-order valence-corrected chi connectivity index (χ3v) is 5.29. The second kappa shape index (κ2) is 7.79. The van der Waals surface area contributed by atoms with Crippen LogP contribution in [0, 0.1) is 0 Å².